The van der Waals surface area contributed by atoms with Crippen molar-refractivity contribution in [3.05, 3.63) is 47.2 Å². The topological polar surface area (TPSA) is 84.0 Å². The molecule has 1 aromatic carbocycles. The Morgan fingerprint density at radius 3 is 2.60 bits per heavy atom. The minimum absolute atomic E-state index is 0.0119. The van der Waals surface area contributed by atoms with Crippen molar-refractivity contribution in [1.29, 1.82) is 0 Å². The van der Waals surface area contributed by atoms with Crippen molar-refractivity contribution in [2.45, 2.75) is 13.4 Å². The number of aromatic nitrogens is 1. The van der Waals surface area contributed by atoms with E-state index >= 15 is 0 Å². The van der Waals surface area contributed by atoms with Crippen LogP contribution in [0.2, 0.25) is 6.82 Å². The van der Waals surface area contributed by atoms with Crippen LogP contribution in [0.4, 0.5) is 0 Å². The summed E-state index contributed by atoms with van der Waals surface area (Å²) in [6.45, 7) is 2.57. The van der Waals surface area contributed by atoms with Gasteiger partial charge in [0.1, 0.15) is 5.75 Å². The molecular formula is C17H16BNO6. The standard InChI is InChI=1S/C17H16BNO6/c1-18-13-6-4-11(8-10(13)9-24-18)25-14-7-5-12(16(20)22-2)15(19-14)17(21)23-3/h4-8H,9H2,1-3H3. The molecule has 3 rings (SSSR count). The number of nitrogens with zero attached hydrogens (tertiary/aromatic N) is 1. The fraction of sp³-hybridized carbons (Fsp3) is 0.235. The summed E-state index contributed by atoms with van der Waals surface area (Å²) in [6, 6.07) is 8.51. The quantitative estimate of drug-likeness (QED) is 0.619. The number of esters is 2. The molecule has 0 amide bonds. The molecule has 0 N–H and O–H groups in total. The van der Waals surface area contributed by atoms with E-state index in [0.717, 1.165) is 11.0 Å². The highest BCUT2D eigenvalue weighted by atomic mass is 16.5. The number of carbonyl (C=O) groups excluding carboxylic acids is 2. The van der Waals surface area contributed by atoms with E-state index in [9.17, 15) is 9.59 Å². The van der Waals surface area contributed by atoms with Crippen LogP contribution < -0.4 is 10.2 Å². The summed E-state index contributed by atoms with van der Waals surface area (Å²) < 4.78 is 20.6. The highest BCUT2D eigenvalue weighted by molar-refractivity contribution is 6.67. The number of pyridine rings is 1. The van der Waals surface area contributed by atoms with Crippen LogP contribution in [0.25, 0.3) is 0 Å². The van der Waals surface area contributed by atoms with Gasteiger partial charge >= 0.3 is 18.9 Å². The van der Waals surface area contributed by atoms with E-state index in [1.54, 1.807) is 6.07 Å². The molecule has 0 aliphatic carbocycles. The zero-order valence-corrected chi connectivity index (χ0v) is 14.1. The highest BCUT2D eigenvalue weighted by Gasteiger charge is 2.24. The number of ether oxygens (including phenoxy) is 3. The van der Waals surface area contributed by atoms with Gasteiger partial charge in [-0.15, -0.1) is 0 Å². The molecule has 0 unspecified atom stereocenters. The zero-order chi connectivity index (χ0) is 18.0. The third-order valence-corrected chi connectivity index (χ3v) is 3.92. The summed E-state index contributed by atoms with van der Waals surface area (Å²) in [5.74, 6) is -0.698. The number of methoxy groups -OCH3 is 2. The maximum absolute atomic E-state index is 11.9. The van der Waals surface area contributed by atoms with Crippen LogP contribution >= 0.6 is 0 Å². The second kappa shape index (κ2) is 6.94. The average Bonchev–Trinajstić information content (AvgIpc) is 3.00. The molecule has 1 aromatic heterocycles. The van der Waals surface area contributed by atoms with Gasteiger partial charge < -0.3 is 18.9 Å². The Labute approximate surface area is 145 Å². The van der Waals surface area contributed by atoms with E-state index in [4.69, 9.17) is 9.39 Å². The lowest BCUT2D eigenvalue weighted by molar-refractivity contribution is 0.0549. The lowest BCUT2D eigenvalue weighted by Crippen LogP contribution is -2.23. The van der Waals surface area contributed by atoms with Gasteiger partial charge in [0.2, 0.25) is 5.88 Å². The van der Waals surface area contributed by atoms with Gasteiger partial charge in [0.15, 0.2) is 5.69 Å². The second-order valence-corrected chi connectivity index (χ2v) is 5.44. The fourth-order valence-corrected chi connectivity index (χ4v) is 2.62. The Morgan fingerprint density at radius 2 is 1.88 bits per heavy atom. The number of carbonyl (C=O) groups is 2. The summed E-state index contributed by atoms with van der Waals surface area (Å²) in [5, 5.41) is 0. The van der Waals surface area contributed by atoms with Crippen molar-refractivity contribution in [2.75, 3.05) is 14.2 Å². The van der Waals surface area contributed by atoms with Gasteiger partial charge in [-0.3, -0.25) is 0 Å². The molecule has 0 radical (unpaired) electrons. The van der Waals surface area contributed by atoms with E-state index in [1.807, 2.05) is 19.0 Å². The molecule has 25 heavy (non-hydrogen) atoms. The van der Waals surface area contributed by atoms with Crippen molar-refractivity contribution in [3.63, 3.8) is 0 Å². The molecule has 0 saturated carbocycles. The summed E-state index contributed by atoms with van der Waals surface area (Å²) in [7, 11) is 2.43. The number of benzene rings is 1. The van der Waals surface area contributed by atoms with E-state index in [1.165, 1.54) is 26.4 Å². The lowest BCUT2D eigenvalue weighted by Gasteiger charge is -2.10. The van der Waals surface area contributed by atoms with E-state index in [2.05, 4.69) is 14.5 Å². The zero-order valence-electron chi connectivity index (χ0n) is 14.1. The van der Waals surface area contributed by atoms with Crippen LogP contribution in [0, 0.1) is 0 Å². The Kier molecular flexibility index (Phi) is 4.71. The van der Waals surface area contributed by atoms with Gasteiger partial charge in [0.05, 0.1) is 26.4 Å². The van der Waals surface area contributed by atoms with Gasteiger partial charge in [-0.25, -0.2) is 14.6 Å². The molecule has 0 spiro atoms. The van der Waals surface area contributed by atoms with Gasteiger partial charge in [0.25, 0.3) is 0 Å². The monoisotopic (exact) mass is 341 g/mol. The van der Waals surface area contributed by atoms with Crippen LogP contribution in [0.1, 0.15) is 26.4 Å². The molecule has 1 aliphatic heterocycles. The summed E-state index contributed by atoms with van der Waals surface area (Å²) >= 11 is 0. The van der Waals surface area contributed by atoms with Gasteiger partial charge in [0, 0.05) is 6.07 Å². The smallest absolute Gasteiger partial charge is 0.357 e. The molecule has 2 aromatic rings. The molecule has 7 nitrogen and oxygen atoms in total. The molecule has 0 saturated heterocycles. The van der Waals surface area contributed by atoms with E-state index in [0.29, 0.717) is 12.4 Å². The maximum Gasteiger partial charge on any atom is 0.357 e. The van der Waals surface area contributed by atoms with Crippen molar-refractivity contribution in [2.24, 2.45) is 0 Å². The highest BCUT2D eigenvalue weighted by Crippen LogP contribution is 2.24. The molecule has 0 bridgehead atoms. The number of rotatable bonds is 4. The third kappa shape index (κ3) is 3.34. The lowest BCUT2D eigenvalue weighted by atomic mass is 9.64. The van der Waals surface area contributed by atoms with Crippen LogP contribution in [-0.2, 0) is 20.7 Å². The molecule has 0 fully saturated rings. The molecule has 1 aliphatic rings. The van der Waals surface area contributed by atoms with Gasteiger partial charge in [-0.1, -0.05) is 12.9 Å². The van der Waals surface area contributed by atoms with E-state index in [-0.39, 0.29) is 24.1 Å². The van der Waals surface area contributed by atoms with Crippen LogP contribution in [0.5, 0.6) is 11.6 Å². The number of hydrogen-bond acceptors (Lipinski definition) is 7. The first-order valence-electron chi connectivity index (χ1n) is 7.63. The molecule has 8 heteroatoms. The first kappa shape index (κ1) is 17.0. The number of fused-ring (bicyclic) bond motifs is 1. The SMILES string of the molecule is COC(=O)c1ccc(Oc2ccc3c(c2)COB3C)nc1C(=O)OC. The molecule has 2 heterocycles. The molecule has 0 atom stereocenters. The van der Waals surface area contributed by atoms with Gasteiger partial charge in [-0.2, -0.15) is 0 Å². The summed E-state index contributed by atoms with van der Waals surface area (Å²) in [4.78, 5) is 27.7. The van der Waals surface area contributed by atoms with Crippen molar-refractivity contribution < 1.29 is 28.5 Å². The maximum atomic E-state index is 11.9. The number of hydrogen-bond donors (Lipinski definition) is 0. The van der Waals surface area contributed by atoms with Crippen molar-refractivity contribution in [3.8, 4) is 11.6 Å². The van der Waals surface area contributed by atoms with Crippen LogP contribution in [-0.4, -0.2) is 38.1 Å². The molecular weight excluding hydrogens is 325 g/mol. The summed E-state index contributed by atoms with van der Waals surface area (Å²) in [6.07, 6.45) is 0. The summed E-state index contributed by atoms with van der Waals surface area (Å²) in [5.41, 5.74) is 2.02. The second-order valence-electron chi connectivity index (χ2n) is 5.44. The Bertz CT molecular complexity index is 838. The van der Waals surface area contributed by atoms with Gasteiger partial charge in [-0.05, 0) is 29.2 Å². The Morgan fingerprint density at radius 1 is 1.12 bits per heavy atom. The first-order chi connectivity index (χ1) is 12.0. The predicted molar refractivity (Wildman–Crippen MR) is 89.5 cm³/mol. The third-order valence-electron chi connectivity index (χ3n) is 3.92. The van der Waals surface area contributed by atoms with E-state index < -0.39 is 11.9 Å². The van der Waals surface area contributed by atoms with Crippen molar-refractivity contribution >= 4 is 24.3 Å². The van der Waals surface area contributed by atoms with Crippen LogP contribution in [0.15, 0.2) is 30.3 Å². The predicted octanol–water partition coefficient (Wildman–Crippen LogP) is 1.81. The van der Waals surface area contributed by atoms with Crippen molar-refractivity contribution in [1.82, 2.24) is 4.98 Å². The Balaban J connectivity index is 1.90. The Hall–Kier alpha value is -2.87. The normalized spacial score (nSPS) is 12.5. The minimum atomic E-state index is -0.748. The minimum Gasteiger partial charge on any atom is -0.465 e. The first-order valence-corrected chi connectivity index (χ1v) is 7.63. The fourth-order valence-electron chi connectivity index (χ4n) is 2.62. The average molecular weight is 341 g/mol. The largest absolute Gasteiger partial charge is 0.465 e. The molecule has 128 valence electrons. The van der Waals surface area contributed by atoms with Crippen LogP contribution in [0.3, 0.4) is 0 Å².